The summed E-state index contributed by atoms with van der Waals surface area (Å²) < 4.78 is 28.0. The molecule has 0 fully saturated rings. The molecule has 5 nitrogen and oxygen atoms in total. The van der Waals surface area contributed by atoms with Gasteiger partial charge >= 0.3 is 0 Å². The fourth-order valence-corrected chi connectivity index (χ4v) is 2.82. The van der Waals surface area contributed by atoms with Crippen LogP contribution < -0.4 is 10.2 Å². The molecule has 3 rings (SSSR count). The predicted octanol–water partition coefficient (Wildman–Crippen LogP) is 5.19. The van der Waals surface area contributed by atoms with E-state index in [0.717, 1.165) is 12.1 Å². The Hall–Kier alpha value is -3.61. The van der Waals surface area contributed by atoms with Crippen molar-refractivity contribution < 1.29 is 18.4 Å². The van der Waals surface area contributed by atoms with Crippen molar-refractivity contribution in [3.63, 3.8) is 0 Å². The van der Waals surface area contributed by atoms with Gasteiger partial charge in [0.2, 0.25) is 5.91 Å². The average molecular weight is 423 g/mol. The first-order valence-electron chi connectivity index (χ1n) is 9.73. The number of hydrogen-bond donors (Lipinski definition) is 1. The van der Waals surface area contributed by atoms with E-state index < -0.39 is 23.0 Å². The quantitative estimate of drug-likeness (QED) is 0.614. The first kappa shape index (κ1) is 22.1. The zero-order valence-electron chi connectivity index (χ0n) is 17.5. The predicted molar refractivity (Wildman–Crippen MR) is 116 cm³/mol. The molecular formula is C24H23F2N3O2. The van der Waals surface area contributed by atoms with Crippen LogP contribution in [0.25, 0.3) is 0 Å². The van der Waals surface area contributed by atoms with Crippen LogP contribution in [0.3, 0.4) is 0 Å². The minimum Gasteiger partial charge on any atom is -0.326 e. The van der Waals surface area contributed by atoms with Crippen molar-refractivity contribution in [1.29, 1.82) is 0 Å². The van der Waals surface area contributed by atoms with Gasteiger partial charge < -0.3 is 5.32 Å². The smallest absolute Gasteiger partial charge is 0.258 e. The van der Waals surface area contributed by atoms with E-state index in [1.807, 2.05) is 0 Å². The lowest BCUT2D eigenvalue weighted by atomic mass is 9.95. The second kappa shape index (κ2) is 9.04. The number of aromatic nitrogens is 1. The van der Waals surface area contributed by atoms with Gasteiger partial charge in [0.15, 0.2) is 0 Å². The molecule has 0 aliphatic heterocycles. The molecule has 1 aromatic heterocycles. The number of hydrogen-bond acceptors (Lipinski definition) is 3. The lowest BCUT2D eigenvalue weighted by molar-refractivity contribution is -0.123. The summed E-state index contributed by atoms with van der Waals surface area (Å²) in [5, 5.41) is 2.78. The summed E-state index contributed by atoms with van der Waals surface area (Å²) in [6.07, 6.45) is 1.57. The molecule has 3 aromatic rings. The summed E-state index contributed by atoms with van der Waals surface area (Å²) >= 11 is 0. The summed E-state index contributed by atoms with van der Waals surface area (Å²) in [5.74, 6) is -2.31. The number of amides is 2. The standard InChI is InChI=1S/C24H23F2N3O2/c1-24(2,3)23(31)28-18-9-6-7-16(13-18)22(30)29(15-19-8-4-5-12-27-19)21-11-10-17(25)14-20(21)26/h4-14H,15H2,1-3H3,(H,28,31). The summed E-state index contributed by atoms with van der Waals surface area (Å²) in [6, 6.07) is 14.6. The lowest BCUT2D eigenvalue weighted by Gasteiger charge is -2.24. The number of nitrogens with one attached hydrogen (secondary N) is 1. The maximum absolute atomic E-state index is 14.6. The Morgan fingerprint density at radius 2 is 1.77 bits per heavy atom. The number of benzene rings is 2. The fraction of sp³-hybridized carbons (Fsp3) is 0.208. The maximum Gasteiger partial charge on any atom is 0.258 e. The molecule has 1 heterocycles. The SMILES string of the molecule is CC(C)(C)C(=O)Nc1cccc(C(=O)N(Cc2ccccn2)c2ccc(F)cc2F)c1. The molecule has 0 saturated carbocycles. The summed E-state index contributed by atoms with van der Waals surface area (Å²) in [6.45, 7) is 5.33. The molecule has 0 aliphatic carbocycles. The van der Waals surface area contributed by atoms with E-state index in [-0.39, 0.29) is 23.7 Å². The number of carbonyl (C=O) groups is 2. The molecule has 0 bridgehead atoms. The zero-order valence-corrected chi connectivity index (χ0v) is 17.5. The van der Waals surface area contributed by atoms with Gasteiger partial charge in [-0.05, 0) is 42.5 Å². The van der Waals surface area contributed by atoms with Gasteiger partial charge in [-0.1, -0.05) is 32.9 Å². The third-order valence-electron chi connectivity index (χ3n) is 4.54. The van der Waals surface area contributed by atoms with Crippen LogP contribution >= 0.6 is 0 Å². The highest BCUT2D eigenvalue weighted by molar-refractivity contribution is 6.07. The van der Waals surface area contributed by atoms with Crippen molar-refractivity contribution in [1.82, 2.24) is 4.98 Å². The molecule has 2 aromatic carbocycles. The Kier molecular flexibility index (Phi) is 6.44. The van der Waals surface area contributed by atoms with Gasteiger partial charge in [0.1, 0.15) is 11.6 Å². The molecule has 7 heteroatoms. The molecule has 0 spiro atoms. The van der Waals surface area contributed by atoms with E-state index in [0.29, 0.717) is 11.4 Å². The summed E-state index contributed by atoms with van der Waals surface area (Å²) in [5.41, 5.74) is 0.551. The van der Waals surface area contributed by atoms with Crippen molar-refractivity contribution in [3.8, 4) is 0 Å². The number of rotatable bonds is 5. The molecule has 1 N–H and O–H groups in total. The highest BCUT2D eigenvalue weighted by Gasteiger charge is 2.24. The first-order valence-corrected chi connectivity index (χ1v) is 9.73. The van der Waals surface area contributed by atoms with E-state index in [2.05, 4.69) is 10.3 Å². The van der Waals surface area contributed by atoms with Gasteiger partial charge in [-0.25, -0.2) is 8.78 Å². The van der Waals surface area contributed by atoms with E-state index in [1.165, 1.54) is 17.0 Å². The van der Waals surface area contributed by atoms with Crippen LogP contribution in [0.5, 0.6) is 0 Å². The van der Waals surface area contributed by atoms with E-state index in [1.54, 1.807) is 63.4 Å². The molecule has 0 radical (unpaired) electrons. The topological polar surface area (TPSA) is 62.3 Å². The van der Waals surface area contributed by atoms with Crippen molar-refractivity contribution >= 4 is 23.2 Å². The van der Waals surface area contributed by atoms with Gasteiger partial charge in [0.25, 0.3) is 5.91 Å². The fourth-order valence-electron chi connectivity index (χ4n) is 2.82. The van der Waals surface area contributed by atoms with Gasteiger partial charge in [0.05, 0.1) is 17.9 Å². The molecule has 0 atom stereocenters. The minimum absolute atomic E-state index is 0.0131. The van der Waals surface area contributed by atoms with Crippen molar-refractivity contribution in [3.05, 3.63) is 89.8 Å². The zero-order chi connectivity index (χ0) is 22.6. The molecule has 31 heavy (non-hydrogen) atoms. The minimum atomic E-state index is -0.860. The van der Waals surface area contributed by atoms with Crippen LogP contribution in [0.2, 0.25) is 0 Å². The van der Waals surface area contributed by atoms with Crippen LogP contribution in [0.15, 0.2) is 66.9 Å². The monoisotopic (exact) mass is 423 g/mol. The Morgan fingerprint density at radius 3 is 2.42 bits per heavy atom. The van der Waals surface area contributed by atoms with Gasteiger partial charge in [-0.2, -0.15) is 0 Å². The Balaban J connectivity index is 1.96. The second-order valence-corrected chi connectivity index (χ2v) is 8.09. The number of pyridine rings is 1. The molecule has 0 unspecified atom stereocenters. The number of carbonyl (C=O) groups excluding carboxylic acids is 2. The highest BCUT2D eigenvalue weighted by Crippen LogP contribution is 2.25. The molecule has 0 saturated heterocycles. The molecule has 160 valence electrons. The van der Waals surface area contributed by atoms with Crippen molar-refractivity contribution in [2.24, 2.45) is 5.41 Å². The van der Waals surface area contributed by atoms with E-state index in [9.17, 15) is 18.4 Å². The van der Waals surface area contributed by atoms with Crippen LogP contribution in [-0.4, -0.2) is 16.8 Å². The Morgan fingerprint density at radius 1 is 1.00 bits per heavy atom. The first-order chi connectivity index (χ1) is 14.6. The average Bonchev–Trinajstić information content (AvgIpc) is 2.72. The normalized spacial score (nSPS) is 11.1. The largest absolute Gasteiger partial charge is 0.326 e. The van der Waals surface area contributed by atoms with Crippen LogP contribution in [-0.2, 0) is 11.3 Å². The van der Waals surface area contributed by atoms with Crippen LogP contribution in [0.4, 0.5) is 20.2 Å². The Labute approximate surface area is 179 Å². The highest BCUT2D eigenvalue weighted by atomic mass is 19.1. The lowest BCUT2D eigenvalue weighted by Crippen LogP contribution is -2.32. The molecule has 0 aliphatic rings. The molecule has 2 amide bonds. The van der Waals surface area contributed by atoms with Gasteiger partial charge in [-0.3, -0.25) is 19.5 Å². The Bertz CT molecular complexity index is 1100. The van der Waals surface area contributed by atoms with Crippen LogP contribution in [0.1, 0.15) is 36.8 Å². The second-order valence-electron chi connectivity index (χ2n) is 8.09. The third kappa shape index (κ3) is 5.51. The van der Waals surface area contributed by atoms with Crippen LogP contribution in [0, 0.1) is 17.0 Å². The van der Waals surface area contributed by atoms with Crippen molar-refractivity contribution in [2.45, 2.75) is 27.3 Å². The van der Waals surface area contributed by atoms with Gasteiger partial charge in [0, 0.05) is 28.9 Å². The van der Waals surface area contributed by atoms with E-state index in [4.69, 9.17) is 0 Å². The number of anilines is 2. The van der Waals surface area contributed by atoms with Gasteiger partial charge in [-0.15, -0.1) is 0 Å². The van der Waals surface area contributed by atoms with E-state index >= 15 is 0 Å². The maximum atomic E-state index is 14.6. The van der Waals surface area contributed by atoms with Crippen molar-refractivity contribution in [2.75, 3.05) is 10.2 Å². The number of halogens is 2. The summed E-state index contributed by atoms with van der Waals surface area (Å²) in [4.78, 5) is 31.0. The molecular weight excluding hydrogens is 400 g/mol. The summed E-state index contributed by atoms with van der Waals surface area (Å²) in [7, 11) is 0. The third-order valence-corrected chi connectivity index (χ3v) is 4.54. The number of nitrogens with zero attached hydrogens (tertiary/aromatic N) is 2.